The van der Waals surface area contributed by atoms with Gasteiger partial charge in [0.1, 0.15) is 0 Å². The van der Waals surface area contributed by atoms with Gasteiger partial charge in [0.2, 0.25) is 0 Å². The molecule has 0 saturated heterocycles. The molecule has 1 heterocycles. The summed E-state index contributed by atoms with van der Waals surface area (Å²) in [6, 6.07) is 1.94. The summed E-state index contributed by atoms with van der Waals surface area (Å²) in [4.78, 5) is 11.4. The first-order chi connectivity index (χ1) is 7.15. The first-order valence-corrected chi connectivity index (χ1v) is 5.30. The standard InChI is InChI=1S/C11H18N2O2/c1-4-15-11(14)8-10(9(2)3)13-7-5-6-12-13/h5-7,9-10H,4,8H2,1-3H3/t10-/m1/s1. The SMILES string of the molecule is CCOC(=O)C[C@H](C(C)C)n1cccn1. The third-order valence-electron chi connectivity index (χ3n) is 2.32. The Hall–Kier alpha value is -1.32. The molecule has 4 heteroatoms. The highest BCUT2D eigenvalue weighted by atomic mass is 16.5. The van der Waals surface area contributed by atoms with Crippen LogP contribution in [-0.4, -0.2) is 22.4 Å². The Morgan fingerprint density at radius 1 is 1.53 bits per heavy atom. The molecule has 0 aromatic carbocycles. The minimum absolute atomic E-state index is 0.0825. The van der Waals surface area contributed by atoms with Crippen molar-refractivity contribution in [1.29, 1.82) is 0 Å². The second-order valence-corrected chi connectivity index (χ2v) is 3.81. The summed E-state index contributed by atoms with van der Waals surface area (Å²) in [5.74, 6) is 0.195. The third kappa shape index (κ3) is 3.38. The number of esters is 1. The van der Waals surface area contributed by atoms with Gasteiger partial charge in [-0.1, -0.05) is 13.8 Å². The molecule has 1 aromatic heterocycles. The maximum absolute atomic E-state index is 11.4. The number of hydrogen-bond acceptors (Lipinski definition) is 3. The van der Waals surface area contributed by atoms with Gasteiger partial charge in [0.15, 0.2) is 0 Å². The van der Waals surface area contributed by atoms with Crippen molar-refractivity contribution < 1.29 is 9.53 Å². The Morgan fingerprint density at radius 3 is 2.73 bits per heavy atom. The molecule has 1 rings (SSSR count). The van der Waals surface area contributed by atoms with E-state index >= 15 is 0 Å². The van der Waals surface area contributed by atoms with Crippen molar-refractivity contribution in [2.24, 2.45) is 5.92 Å². The third-order valence-corrected chi connectivity index (χ3v) is 2.32. The highest BCUT2D eigenvalue weighted by Crippen LogP contribution is 2.20. The maximum atomic E-state index is 11.4. The summed E-state index contributed by atoms with van der Waals surface area (Å²) in [5, 5.41) is 4.16. The lowest BCUT2D eigenvalue weighted by molar-refractivity contribution is -0.144. The molecule has 0 bridgehead atoms. The molecular formula is C11H18N2O2. The van der Waals surface area contributed by atoms with Gasteiger partial charge in [-0.3, -0.25) is 9.48 Å². The smallest absolute Gasteiger partial charge is 0.307 e. The fourth-order valence-electron chi connectivity index (χ4n) is 1.50. The van der Waals surface area contributed by atoms with E-state index in [2.05, 4.69) is 18.9 Å². The molecule has 0 spiro atoms. The van der Waals surface area contributed by atoms with Crippen LogP contribution in [0.5, 0.6) is 0 Å². The second kappa shape index (κ2) is 5.53. The van der Waals surface area contributed by atoms with E-state index in [1.54, 1.807) is 6.20 Å². The van der Waals surface area contributed by atoms with Gasteiger partial charge in [0, 0.05) is 12.4 Å². The molecule has 0 unspecified atom stereocenters. The van der Waals surface area contributed by atoms with Gasteiger partial charge in [0.25, 0.3) is 0 Å². The van der Waals surface area contributed by atoms with Crippen LogP contribution in [0.1, 0.15) is 33.2 Å². The van der Waals surface area contributed by atoms with Crippen molar-refractivity contribution in [2.75, 3.05) is 6.61 Å². The Bertz CT molecular complexity index is 294. The lowest BCUT2D eigenvalue weighted by Gasteiger charge is -2.20. The average molecular weight is 210 g/mol. The fraction of sp³-hybridized carbons (Fsp3) is 0.636. The molecule has 0 aliphatic heterocycles. The van der Waals surface area contributed by atoms with Crippen LogP contribution in [0.2, 0.25) is 0 Å². The van der Waals surface area contributed by atoms with Crippen molar-refractivity contribution in [1.82, 2.24) is 9.78 Å². The number of rotatable bonds is 5. The lowest BCUT2D eigenvalue weighted by atomic mass is 10.0. The summed E-state index contributed by atoms with van der Waals surface area (Å²) in [5.41, 5.74) is 0. The molecule has 0 aliphatic carbocycles. The molecule has 15 heavy (non-hydrogen) atoms. The number of ether oxygens (including phenoxy) is 1. The quantitative estimate of drug-likeness (QED) is 0.698. The van der Waals surface area contributed by atoms with Gasteiger partial charge in [0.05, 0.1) is 19.1 Å². The molecule has 0 radical (unpaired) electrons. The number of hydrogen-bond donors (Lipinski definition) is 0. The van der Waals surface area contributed by atoms with Crippen LogP contribution in [0.15, 0.2) is 18.5 Å². The van der Waals surface area contributed by atoms with Crippen molar-refractivity contribution in [3.63, 3.8) is 0 Å². The first-order valence-electron chi connectivity index (χ1n) is 5.30. The van der Waals surface area contributed by atoms with Gasteiger partial charge < -0.3 is 4.74 Å². The van der Waals surface area contributed by atoms with Crippen molar-refractivity contribution in [2.45, 2.75) is 33.2 Å². The minimum atomic E-state index is -0.160. The van der Waals surface area contributed by atoms with E-state index in [-0.39, 0.29) is 12.0 Å². The molecule has 0 amide bonds. The summed E-state index contributed by atoms with van der Waals surface area (Å²) < 4.78 is 6.76. The van der Waals surface area contributed by atoms with Crippen molar-refractivity contribution >= 4 is 5.97 Å². The molecule has 84 valence electrons. The van der Waals surface area contributed by atoms with Crippen LogP contribution in [0, 0.1) is 5.92 Å². The summed E-state index contributed by atoms with van der Waals surface area (Å²) in [6.45, 7) is 6.40. The number of aromatic nitrogens is 2. The van der Waals surface area contributed by atoms with Crippen LogP contribution >= 0.6 is 0 Å². The van der Waals surface area contributed by atoms with Gasteiger partial charge in [-0.25, -0.2) is 0 Å². The number of carbonyl (C=O) groups excluding carboxylic acids is 1. The number of nitrogens with zero attached hydrogens (tertiary/aromatic N) is 2. The normalized spacial score (nSPS) is 12.8. The van der Waals surface area contributed by atoms with E-state index in [4.69, 9.17) is 4.74 Å². The van der Waals surface area contributed by atoms with Crippen molar-refractivity contribution in [3.8, 4) is 0 Å². The second-order valence-electron chi connectivity index (χ2n) is 3.81. The van der Waals surface area contributed by atoms with Gasteiger partial charge in [-0.05, 0) is 18.9 Å². The molecule has 0 aliphatic rings. The van der Waals surface area contributed by atoms with E-state index in [1.807, 2.05) is 23.9 Å². The molecular weight excluding hydrogens is 192 g/mol. The average Bonchev–Trinajstić information content (AvgIpc) is 2.66. The molecule has 4 nitrogen and oxygen atoms in total. The Kier molecular flexibility index (Phi) is 4.34. The Balaban J connectivity index is 2.64. The predicted octanol–water partition coefficient (Wildman–Crippen LogP) is 2.03. The monoisotopic (exact) mass is 210 g/mol. The van der Waals surface area contributed by atoms with Crippen molar-refractivity contribution in [3.05, 3.63) is 18.5 Å². The summed E-state index contributed by atoms with van der Waals surface area (Å²) >= 11 is 0. The predicted molar refractivity (Wildman–Crippen MR) is 57.4 cm³/mol. The minimum Gasteiger partial charge on any atom is -0.466 e. The van der Waals surface area contributed by atoms with E-state index in [1.165, 1.54) is 0 Å². The van der Waals surface area contributed by atoms with E-state index in [9.17, 15) is 4.79 Å². The van der Waals surface area contributed by atoms with Gasteiger partial charge >= 0.3 is 5.97 Å². The lowest BCUT2D eigenvalue weighted by Crippen LogP contribution is -2.20. The van der Waals surface area contributed by atoms with Gasteiger partial charge in [-0.15, -0.1) is 0 Å². The zero-order chi connectivity index (χ0) is 11.3. The highest BCUT2D eigenvalue weighted by molar-refractivity contribution is 5.69. The topological polar surface area (TPSA) is 44.1 Å². The van der Waals surface area contributed by atoms with Crippen LogP contribution in [0.3, 0.4) is 0 Å². The molecule has 0 saturated carbocycles. The van der Waals surface area contributed by atoms with Crippen LogP contribution in [-0.2, 0) is 9.53 Å². The summed E-state index contributed by atoms with van der Waals surface area (Å²) in [6.07, 6.45) is 3.98. The first kappa shape index (κ1) is 11.8. The van der Waals surface area contributed by atoms with E-state index in [0.717, 1.165) is 0 Å². The largest absolute Gasteiger partial charge is 0.466 e. The zero-order valence-corrected chi connectivity index (χ0v) is 9.51. The highest BCUT2D eigenvalue weighted by Gasteiger charge is 2.20. The Labute approximate surface area is 90.2 Å². The van der Waals surface area contributed by atoms with Crippen LogP contribution in [0.25, 0.3) is 0 Å². The van der Waals surface area contributed by atoms with Crippen LogP contribution < -0.4 is 0 Å². The van der Waals surface area contributed by atoms with Gasteiger partial charge in [-0.2, -0.15) is 5.10 Å². The summed E-state index contributed by atoms with van der Waals surface area (Å²) in [7, 11) is 0. The molecule has 1 atom stereocenters. The van der Waals surface area contributed by atoms with E-state index < -0.39 is 0 Å². The Morgan fingerprint density at radius 2 is 2.27 bits per heavy atom. The van der Waals surface area contributed by atoms with Crippen LogP contribution in [0.4, 0.5) is 0 Å². The van der Waals surface area contributed by atoms with E-state index in [0.29, 0.717) is 18.9 Å². The molecule has 1 aromatic rings. The number of carbonyl (C=O) groups is 1. The maximum Gasteiger partial charge on any atom is 0.307 e. The zero-order valence-electron chi connectivity index (χ0n) is 9.51. The molecule has 0 fully saturated rings. The molecule has 0 N–H and O–H groups in total. The fourth-order valence-corrected chi connectivity index (χ4v) is 1.50.